The van der Waals surface area contributed by atoms with Crippen molar-refractivity contribution >= 4 is 17.7 Å². The molecule has 5 N–H and O–H groups in total. The number of nitrogens with two attached hydrogens (primary N) is 1. The van der Waals surface area contributed by atoms with E-state index >= 15 is 0 Å². The van der Waals surface area contributed by atoms with Crippen LogP contribution < -0.4 is 11.1 Å². The van der Waals surface area contributed by atoms with Gasteiger partial charge in [-0.2, -0.15) is 0 Å². The first kappa shape index (κ1) is 21.9. The van der Waals surface area contributed by atoms with Crippen LogP contribution in [0.5, 0.6) is 0 Å². The van der Waals surface area contributed by atoms with E-state index in [1.807, 2.05) is 19.1 Å². The van der Waals surface area contributed by atoms with Crippen LogP contribution in [0.3, 0.4) is 0 Å². The number of carbonyl (C=O) groups is 2. The van der Waals surface area contributed by atoms with E-state index in [1.165, 1.54) is 6.42 Å². The number of aliphatic carboxylic acids is 1. The summed E-state index contributed by atoms with van der Waals surface area (Å²) in [6, 6.07) is 6.60. The van der Waals surface area contributed by atoms with E-state index in [0.29, 0.717) is 18.4 Å². The van der Waals surface area contributed by atoms with Gasteiger partial charge >= 0.3 is 5.97 Å². The summed E-state index contributed by atoms with van der Waals surface area (Å²) < 4.78 is 0. The van der Waals surface area contributed by atoms with Crippen LogP contribution in [0.25, 0.3) is 0 Å². The smallest absolute Gasteiger partial charge is 0.326 e. The van der Waals surface area contributed by atoms with Crippen LogP contribution in [-0.4, -0.2) is 28.9 Å². The van der Waals surface area contributed by atoms with Gasteiger partial charge in [0.25, 0.3) is 0 Å². The lowest BCUT2D eigenvalue weighted by molar-refractivity contribution is -0.143. The fourth-order valence-electron chi connectivity index (χ4n) is 4.03. The predicted octanol–water partition coefficient (Wildman–Crippen LogP) is 3.47. The van der Waals surface area contributed by atoms with E-state index < -0.39 is 12.0 Å². The van der Waals surface area contributed by atoms with Gasteiger partial charge in [0, 0.05) is 11.5 Å². The van der Waals surface area contributed by atoms with Crippen LogP contribution in [0, 0.1) is 17.2 Å². The van der Waals surface area contributed by atoms with Crippen LogP contribution >= 0.6 is 0 Å². The second-order valence-electron chi connectivity index (χ2n) is 7.86. The lowest BCUT2D eigenvalue weighted by Crippen LogP contribution is -2.46. The fraction of sp³-hybridized carbons (Fsp3) is 0.591. The van der Waals surface area contributed by atoms with Crippen LogP contribution in [0.4, 0.5) is 0 Å². The topological polar surface area (TPSA) is 116 Å². The highest BCUT2D eigenvalue weighted by atomic mass is 16.4. The number of amidine groups is 1. The molecule has 0 radical (unpaired) electrons. The van der Waals surface area contributed by atoms with E-state index in [9.17, 15) is 14.7 Å². The lowest BCUT2D eigenvalue weighted by Gasteiger charge is -2.30. The average molecular weight is 388 g/mol. The molecule has 2 atom stereocenters. The molecule has 0 spiro atoms. The normalized spacial score (nSPS) is 16.9. The van der Waals surface area contributed by atoms with Crippen LogP contribution in [-0.2, 0) is 16.0 Å². The third-order valence-electron chi connectivity index (χ3n) is 5.74. The fourth-order valence-corrected chi connectivity index (χ4v) is 4.03. The number of unbranched alkanes of at least 4 members (excludes halogenated alkanes) is 1. The summed E-state index contributed by atoms with van der Waals surface area (Å²) >= 11 is 0. The van der Waals surface area contributed by atoms with Crippen molar-refractivity contribution in [1.82, 2.24) is 5.32 Å². The van der Waals surface area contributed by atoms with Gasteiger partial charge in [0.1, 0.15) is 11.9 Å². The van der Waals surface area contributed by atoms with Crippen molar-refractivity contribution in [3.63, 3.8) is 0 Å². The number of nitrogen functional groups attached to an aromatic ring is 1. The molecule has 1 amide bonds. The minimum absolute atomic E-state index is 0.0216. The Morgan fingerprint density at radius 1 is 1.21 bits per heavy atom. The van der Waals surface area contributed by atoms with E-state index in [2.05, 4.69) is 5.32 Å². The maximum absolute atomic E-state index is 13.1. The highest BCUT2D eigenvalue weighted by molar-refractivity contribution is 5.94. The molecule has 0 heterocycles. The molecule has 28 heavy (non-hydrogen) atoms. The minimum Gasteiger partial charge on any atom is -0.480 e. The number of carboxylic acid groups (broad SMARTS) is 1. The SMILES string of the molecule is CCCC[C@H](NC(=O)[C@H](Cc1ccc(C(=N)N)cc1)C1CCCCC1)C(=O)O. The molecule has 0 saturated heterocycles. The largest absolute Gasteiger partial charge is 0.480 e. The number of carbonyl (C=O) groups excluding carboxylic acids is 1. The highest BCUT2D eigenvalue weighted by Gasteiger charge is 2.32. The Morgan fingerprint density at radius 3 is 2.39 bits per heavy atom. The molecule has 1 aliphatic carbocycles. The summed E-state index contributed by atoms with van der Waals surface area (Å²) in [5.41, 5.74) is 7.19. The molecule has 154 valence electrons. The van der Waals surface area contributed by atoms with Gasteiger partial charge in [-0.1, -0.05) is 63.3 Å². The van der Waals surface area contributed by atoms with Gasteiger partial charge in [-0.15, -0.1) is 0 Å². The van der Waals surface area contributed by atoms with Crippen molar-refractivity contribution in [3.05, 3.63) is 35.4 Å². The zero-order valence-corrected chi connectivity index (χ0v) is 16.7. The van der Waals surface area contributed by atoms with Crippen LogP contribution in [0.2, 0.25) is 0 Å². The van der Waals surface area contributed by atoms with Gasteiger partial charge in [0.05, 0.1) is 0 Å². The van der Waals surface area contributed by atoms with E-state index in [-0.39, 0.29) is 23.6 Å². The number of amides is 1. The Bertz CT molecular complexity index is 666. The molecule has 0 unspecified atom stereocenters. The van der Waals surface area contributed by atoms with Gasteiger partial charge in [-0.25, -0.2) is 4.79 Å². The van der Waals surface area contributed by atoms with Gasteiger partial charge in [0.15, 0.2) is 0 Å². The maximum atomic E-state index is 13.1. The van der Waals surface area contributed by atoms with Gasteiger partial charge < -0.3 is 16.2 Å². The molecule has 0 aromatic heterocycles. The Kier molecular flexibility index (Phi) is 8.48. The number of rotatable bonds is 10. The zero-order chi connectivity index (χ0) is 20.5. The summed E-state index contributed by atoms with van der Waals surface area (Å²) in [6.45, 7) is 2.01. The molecule has 1 aliphatic rings. The summed E-state index contributed by atoms with van der Waals surface area (Å²) in [7, 11) is 0. The first-order valence-electron chi connectivity index (χ1n) is 10.4. The summed E-state index contributed by atoms with van der Waals surface area (Å²) in [5, 5.41) is 19.8. The van der Waals surface area contributed by atoms with Crippen molar-refractivity contribution in [2.24, 2.45) is 17.6 Å². The molecule has 1 fully saturated rings. The first-order chi connectivity index (χ1) is 13.4. The minimum atomic E-state index is -0.963. The molecule has 6 heteroatoms. The summed E-state index contributed by atoms with van der Waals surface area (Å²) in [6.07, 6.45) is 8.17. The molecular formula is C22H33N3O3. The molecule has 1 aromatic carbocycles. The first-order valence-corrected chi connectivity index (χ1v) is 10.4. The van der Waals surface area contributed by atoms with Crippen molar-refractivity contribution < 1.29 is 14.7 Å². The van der Waals surface area contributed by atoms with E-state index in [0.717, 1.165) is 44.1 Å². The van der Waals surface area contributed by atoms with Crippen LogP contribution in [0.1, 0.15) is 69.4 Å². The second-order valence-corrected chi connectivity index (χ2v) is 7.86. The molecular weight excluding hydrogens is 354 g/mol. The highest BCUT2D eigenvalue weighted by Crippen LogP contribution is 2.32. The Hall–Kier alpha value is -2.37. The zero-order valence-electron chi connectivity index (χ0n) is 16.7. The summed E-state index contributed by atoms with van der Waals surface area (Å²) in [4.78, 5) is 24.6. The number of hydrogen-bond donors (Lipinski definition) is 4. The Morgan fingerprint density at radius 2 is 1.86 bits per heavy atom. The molecule has 1 saturated carbocycles. The standard InChI is InChI=1S/C22H33N3O3/c1-2-3-9-19(22(27)28)25-21(26)18(16-7-5-4-6-8-16)14-15-10-12-17(13-11-15)20(23)24/h10-13,16,18-19H,2-9,14H2,1H3,(H3,23,24)(H,25,26)(H,27,28)/t18-,19+/m1/s1. The van der Waals surface area contributed by atoms with E-state index in [1.54, 1.807) is 12.1 Å². The maximum Gasteiger partial charge on any atom is 0.326 e. The molecule has 6 nitrogen and oxygen atoms in total. The molecule has 2 rings (SSSR count). The van der Waals surface area contributed by atoms with Gasteiger partial charge in [-0.05, 0) is 37.2 Å². The third-order valence-corrected chi connectivity index (χ3v) is 5.74. The number of benzene rings is 1. The quantitative estimate of drug-likeness (QED) is 0.363. The molecule has 0 bridgehead atoms. The molecule has 1 aromatic rings. The van der Waals surface area contributed by atoms with Crippen molar-refractivity contribution in [2.75, 3.05) is 0 Å². The number of nitrogens with one attached hydrogen (secondary N) is 2. The second kappa shape index (κ2) is 10.8. The van der Waals surface area contributed by atoms with E-state index in [4.69, 9.17) is 11.1 Å². The van der Waals surface area contributed by atoms with Gasteiger partial charge in [-0.3, -0.25) is 10.2 Å². The van der Waals surface area contributed by atoms with Crippen molar-refractivity contribution in [3.8, 4) is 0 Å². The predicted molar refractivity (Wildman–Crippen MR) is 110 cm³/mol. The Labute approximate surface area is 167 Å². The third kappa shape index (κ3) is 6.36. The monoisotopic (exact) mass is 387 g/mol. The van der Waals surface area contributed by atoms with Crippen LogP contribution in [0.15, 0.2) is 24.3 Å². The van der Waals surface area contributed by atoms with Gasteiger partial charge in [0.2, 0.25) is 5.91 Å². The Balaban J connectivity index is 2.14. The number of carboxylic acids is 1. The summed E-state index contributed by atoms with van der Waals surface area (Å²) in [5.74, 6) is -1.04. The van der Waals surface area contributed by atoms with Crippen molar-refractivity contribution in [1.29, 1.82) is 5.41 Å². The molecule has 0 aliphatic heterocycles. The number of hydrogen-bond acceptors (Lipinski definition) is 3. The lowest BCUT2D eigenvalue weighted by atomic mass is 9.76. The van der Waals surface area contributed by atoms with Crippen molar-refractivity contribution in [2.45, 2.75) is 70.8 Å². The average Bonchev–Trinajstić information content (AvgIpc) is 2.69.